The molecule has 0 amide bonds. The molecule has 8 heavy (non-hydrogen) atoms. The van der Waals surface area contributed by atoms with E-state index in [-0.39, 0.29) is 6.17 Å². The van der Waals surface area contributed by atoms with E-state index in [1.165, 1.54) is 0 Å². The molecule has 1 atom stereocenters. The molecule has 0 aromatic carbocycles. The van der Waals surface area contributed by atoms with Crippen LogP contribution in [0.3, 0.4) is 0 Å². The Balaban J connectivity index is 2.23. The average Bonchev–Trinajstić information content (AvgIpc) is 1.64. The van der Waals surface area contributed by atoms with Crippen LogP contribution in [0, 0.1) is 6.54 Å². The van der Waals surface area contributed by atoms with Crippen LogP contribution < -0.4 is 11.1 Å². The van der Waals surface area contributed by atoms with E-state index in [0.29, 0.717) is 0 Å². The fourth-order valence-corrected chi connectivity index (χ4v) is 0.809. The molecular formula is C5H12N3. The van der Waals surface area contributed by atoms with Crippen LogP contribution in [0.5, 0.6) is 0 Å². The standard InChI is InChI=1S/C5H12N3/c1-8-3-2-7-5(6)4-8/h3,5,7H,2,4,6H2,1H3. The lowest BCUT2D eigenvalue weighted by atomic mass is 10.3. The Hall–Kier alpha value is -0.120. The summed E-state index contributed by atoms with van der Waals surface area (Å²) in [7, 11) is 2.03. The highest BCUT2D eigenvalue weighted by atomic mass is 15.2. The molecule has 0 aliphatic carbocycles. The first-order chi connectivity index (χ1) is 3.79. The van der Waals surface area contributed by atoms with Gasteiger partial charge in [-0.25, -0.2) is 0 Å². The third kappa shape index (κ3) is 1.43. The highest BCUT2D eigenvalue weighted by molar-refractivity contribution is 4.79. The molecule has 0 saturated carbocycles. The molecule has 1 heterocycles. The second-order valence-electron chi connectivity index (χ2n) is 2.14. The molecule has 1 aliphatic rings. The van der Waals surface area contributed by atoms with Gasteiger partial charge in [0, 0.05) is 19.6 Å². The summed E-state index contributed by atoms with van der Waals surface area (Å²) in [5.41, 5.74) is 5.55. The zero-order valence-corrected chi connectivity index (χ0v) is 5.09. The van der Waals surface area contributed by atoms with Gasteiger partial charge in [-0.05, 0) is 7.05 Å². The van der Waals surface area contributed by atoms with Gasteiger partial charge in [0.05, 0.1) is 6.17 Å². The normalized spacial score (nSPS) is 33.0. The van der Waals surface area contributed by atoms with E-state index in [1.54, 1.807) is 0 Å². The van der Waals surface area contributed by atoms with E-state index in [0.717, 1.165) is 13.1 Å². The van der Waals surface area contributed by atoms with Crippen molar-refractivity contribution in [2.24, 2.45) is 5.73 Å². The minimum absolute atomic E-state index is 0.157. The number of hydrogen-bond donors (Lipinski definition) is 2. The summed E-state index contributed by atoms with van der Waals surface area (Å²) in [5, 5.41) is 3.09. The average molecular weight is 114 g/mol. The Bertz CT molecular complexity index is 66.1. The summed E-state index contributed by atoms with van der Waals surface area (Å²) >= 11 is 0. The first-order valence-electron chi connectivity index (χ1n) is 2.81. The Morgan fingerprint density at radius 1 is 1.88 bits per heavy atom. The van der Waals surface area contributed by atoms with Crippen LogP contribution in [0.4, 0.5) is 0 Å². The van der Waals surface area contributed by atoms with Gasteiger partial charge in [-0.1, -0.05) is 0 Å². The zero-order chi connectivity index (χ0) is 5.98. The fourth-order valence-electron chi connectivity index (χ4n) is 0.809. The van der Waals surface area contributed by atoms with Crippen molar-refractivity contribution in [3.8, 4) is 0 Å². The maximum absolute atomic E-state index is 5.55. The minimum Gasteiger partial charge on any atom is -0.315 e. The molecule has 0 aromatic heterocycles. The van der Waals surface area contributed by atoms with Crippen molar-refractivity contribution in [1.82, 2.24) is 10.2 Å². The number of hydrogen-bond acceptors (Lipinski definition) is 3. The number of rotatable bonds is 0. The lowest BCUT2D eigenvalue weighted by Crippen LogP contribution is -2.51. The van der Waals surface area contributed by atoms with Gasteiger partial charge >= 0.3 is 0 Å². The predicted molar refractivity (Wildman–Crippen MR) is 32.9 cm³/mol. The molecule has 1 saturated heterocycles. The third-order valence-electron chi connectivity index (χ3n) is 1.27. The minimum atomic E-state index is 0.157. The molecule has 1 radical (unpaired) electrons. The van der Waals surface area contributed by atoms with Gasteiger partial charge < -0.3 is 5.73 Å². The van der Waals surface area contributed by atoms with E-state index in [9.17, 15) is 0 Å². The maximum atomic E-state index is 5.55. The molecule has 1 unspecified atom stereocenters. The Morgan fingerprint density at radius 2 is 2.62 bits per heavy atom. The quantitative estimate of drug-likeness (QED) is 0.423. The van der Waals surface area contributed by atoms with Crippen LogP contribution in [0.25, 0.3) is 0 Å². The Morgan fingerprint density at radius 3 is 3.00 bits per heavy atom. The van der Waals surface area contributed by atoms with Crippen LogP contribution in [-0.2, 0) is 0 Å². The van der Waals surface area contributed by atoms with E-state index in [2.05, 4.69) is 16.8 Å². The second-order valence-corrected chi connectivity index (χ2v) is 2.14. The van der Waals surface area contributed by atoms with Gasteiger partial charge in [0.15, 0.2) is 0 Å². The van der Waals surface area contributed by atoms with E-state index in [4.69, 9.17) is 5.73 Å². The molecule has 1 rings (SSSR count). The summed E-state index contributed by atoms with van der Waals surface area (Å²) in [6.07, 6.45) is 0.157. The number of piperazine rings is 1. The number of likely N-dealkylation sites (N-methyl/N-ethyl adjacent to an activating group) is 1. The molecule has 3 nitrogen and oxygen atoms in total. The number of nitrogens with zero attached hydrogens (tertiary/aromatic N) is 1. The third-order valence-corrected chi connectivity index (χ3v) is 1.27. The topological polar surface area (TPSA) is 41.3 Å². The van der Waals surface area contributed by atoms with Crippen LogP contribution in [0.2, 0.25) is 0 Å². The van der Waals surface area contributed by atoms with Gasteiger partial charge in [-0.2, -0.15) is 0 Å². The molecule has 0 aromatic rings. The second kappa shape index (κ2) is 2.44. The summed E-state index contributed by atoms with van der Waals surface area (Å²) in [5.74, 6) is 0. The van der Waals surface area contributed by atoms with Gasteiger partial charge in [-0.3, -0.25) is 10.2 Å². The fraction of sp³-hybridized carbons (Fsp3) is 0.800. The Kier molecular flexibility index (Phi) is 1.83. The molecule has 3 N–H and O–H groups in total. The number of nitrogens with one attached hydrogen (secondary N) is 1. The first kappa shape index (κ1) is 6.01. The van der Waals surface area contributed by atoms with E-state index < -0.39 is 0 Å². The Labute approximate surface area is 49.8 Å². The largest absolute Gasteiger partial charge is 0.315 e. The van der Waals surface area contributed by atoms with Crippen molar-refractivity contribution in [2.45, 2.75) is 6.17 Å². The molecule has 0 spiro atoms. The molecule has 1 aliphatic heterocycles. The van der Waals surface area contributed by atoms with Crippen molar-refractivity contribution < 1.29 is 0 Å². The number of nitrogens with two attached hydrogens (primary N) is 1. The monoisotopic (exact) mass is 114 g/mol. The van der Waals surface area contributed by atoms with Crippen LogP contribution in [0.1, 0.15) is 0 Å². The lowest BCUT2D eigenvalue weighted by molar-refractivity contribution is 0.290. The molecular weight excluding hydrogens is 102 g/mol. The maximum Gasteiger partial charge on any atom is 0.0678 e. The smallest absolute Gasteiger partial charge is 0.0678 e. The molecule has 0 bridgehead atoms. The van der Waals surface area contributed by atoms with Crippen LogP contribution in [0.15, 0.2) is 0 Å². The van der Waals surface area contributed by atoms with Crippen molar-refractivity contribution in [2.75, 3.05) is 20.1 Å². The van der Waals surface area contributed by atoms with Crippen molar-refractivity contribution >= 4 is 0 Å². The molecule has 47 valence electrons. The van der Waals surface area contributed by atoms with E-state index in [1.807, 2.05) is 7.05 Å². The summed E-state index contributed by atoms with van der Waals surface area (Å²) in [6, 6.07) is 0. The van der Waals surface area contributed by atoms with Gasteiger partial charge in [0.1, 0.15) is 0 Å². The highest BCUT2D eigenvalue weighted by Gasteiger charge is 2.10. The van der Waals surface area contributed by atoms with Crippen molar-refractivity contribution in [3.05, 3.63) is 6.54 Å². The van der Waals surface area contributed by atoms with Crippen molar-refractivity contribution in [3.63, 3.8) is 0 Å². The van der Waals surface area contributed by atoms with Gasteiger partial charge in [-0.15, -0.1) is 0 Å². The van der Waals surface area contributed by atoms with Crippen LogP contribution >= 0.6 is 0 Å². The highest BCUT2D eigenvalue weighted by Crippen LogP contribution is 1.92. The molecule has 1 fully saturated rings. The summed E-state index contributed by atoms with van der Waals surface area (Å²) < 4.78 is 0. The van der Waals surface area contributed by atoms with Crippen LogP contribution in [-0.4, -0.2) is 31.2 Å². The van der Waals surface area contributed by atoms with Crippen molar-refractivity contribution in [1.29, 1.82) is 0 Å². The van der Waals surface area contributed by atoms with Gasteiger partial charge in [0.25, 0.3) is 0 Å². The van der Waals surface area contributed by atoms with Gasteiger partial charge in [0.2, 0.25) is 0 Å². The first-order valence-corrected chi connectivity index (χ1v) is 2.81. The summed E-state index contributed by atoms with van der Waals surface area (Å²) in [4.78, 5) is 2.10. The zero-order valence-electron chi connectivity index (χ0n) is 5.09. The van der Waals surface area contributed by atoms with E-state index >= 15 is 0 Å². The molecule has 3 heteroatoms. The predicted octanol–water partition coefficient (Wildman–Crippen LogP) is -1.03. The summed E-state index contributed by atoms with van der Waals surface area (Å²) in [6.45, 7) is 3.90. The SMILES string of the molecule is CN1[CH]CNC(N)C1. The lowest BCUT2D eigenvalue weighted by Gasteiger charge is -2.27.